The molecule has 6 nitrogen and oxygen atoms in total. The van der Waals surface area contributed by atoms with Crippen molar-refractivity contribution in [1.29, 1.82) is 0 Å². The predicted molar refractivity (Wildman–Crippen MR) is 123 cm³/mol. The molecule has 1 saturated carbocycles. The van der Waals surface area contributed by atoms with Gasteiger partial charge in [-0.1, -0.05) is 31.4 Å². The standard InChI is InChI=1S/C25H29N5O/c31-25(19-6-2-1-3-7-19)27-20-12-16-30(17-13-20)24-21-8-4-5-9-22(21)28-23(29-24)18-10-14-26-15-11-18/h4-5,8-11,14-15,19-20H,1-3,6-7,12-13,16-17H2,(H,27,31). The molecule has 2 fully saturated rings. The van der Waals surface area contributed by atoms with Gasteiger partial charge in [-0.2, -0.15) is 0 Å². The van der Waals surface area contributed by atoms with Gasteiger partial charge < -0.3 is 10.2 Å². The topological polar surface area (TPSA) is 71.0 Å². The first-order chi connectivity index (χ1) is 15.3. The quantitative estimate of drug-likeness (QED) is 0.686. The number of piperidine rings is 1. The number of anilines is 1. The maximum atomic E-state index is 12.6. The number of hydrogen-bond acceptors (Lipinski definition) is 5. The summed E-state index contributed by atoms with van der Waals surface area (Å²) < 4.78 is 0. The summed E-state index contributed by atoms with van der Waals surface area (Å²) in [5.41, 5.74) is 1.92. The zero-order valence-corrected chi connectivity index (χ0v) is 17.8. The van der Waals surface area contributed by atoms with Gasteiger partial charge in [0.05, 0.1) is 5.52 Å². The monoisotopic (exact) mass is 415 g/mol. The van der Waals surface area contributed by atoms with E-state index < -0.39 is 0 Å². The maximum Gasteiger partial charge on any atom is 0.223 e. The molecule has 2 aliphatic rings. The minimum absolute atomic E-state index is 0.223. The molecule has 6 heteroatoms. The van der Waals surface area contributed by atoms with Gasteiger partial charge in [-0.25, -0.2) is 9.97 Å². The SMILES string of the molecule is O=C(NC1CCN(c2nc(-c3ccncc3)nc3ccccc23)CC1)C1CCCCC1. The number of aromatic nitrogens is 3. The Hall–Kier alpha value is -3.02. The van der Waals surface area contributed by atoms with Crippen LogP contribution in [0.1, 0.15) is 44.9 Å². The van der Waals surface area contributed by atoms with Crippen molar-refractivity contribution in [3.05, 3.63) is 48.8 Å². The molecule has 3 heterocycles. The summed E-state index contributed by atoms with van der Waals surface area (Å²) in [5, 5.41) is 4.40. The number of fused-ring (bicyclic) bond motifs is 1. The first-order valence-corrected chi connectivity index (χ1v) is 11.5. The lowest BCUT2D eigenvalue weighted by Crippen LogP contribution is -2.46. The number of carbonyl (C=O) groups excluding carboxylic acids is 1. The summed E-state index contributed by atoms with van der Waals surface area (Å²) in [5.74, 6) is 2.20. The van der Waals surface area contributed by atoms with E-state index in [0.29, 0.717) is 0 Å². The van der Waals surface area contributed by atoms with Crippen LogP contribution in [0.15, 0.2) is 48.8 Å². The molecule has 0 spiro atoms. The Morgan fingerprint density at radius 3 is 2.42 bits per heavy atom. The van der Waals surface area contributed by atoms with Crippen LogP contribution in [-0.4, -0.2) is 40.0 Å². The fourth-order valence-electron chi connectivity index (χ4n) is 4.85. The van der Waals surface area contributed by atoms with Crippen LogP contribution in [0.5, 0.6) is 0 Å². The van der Waals surface area contributed by atoms with Crippen molar-refractivity contribution in [3.63, 3.8) is 0 Å². The smallest absolute Gasteiger partial charge is 0.223 e. The molecule has 1 aromatic carbocycles. The fraction of sp³-hybridized carbons (Fsp3) is 0.440. The maximum absolute atomic E-state index is 12.6. The third-order valence-corrected chi connectivity index (χ3v) is 6.64. The molecule has 1 aliphatic heterocycles. The zero-order valence-electron chi connectivity index (χ0n) is 17.8. The van der Waals surface area contributed by atoms with Crippen molar-refractivity contribution < 1.29 is 4.79 Å². The highest BCUT2D eigenvalue weighted by Gasteiger charge is 2.27. The molecule has 1 aliphatic carbocycles. The van der Waals surface area contributed by atoms with Crippen molar-refractivity contribution in [2.75, 3.05) is 18.0 Å². The van der Waals surface area contributed by atoms with Gasteiger partial charge >= 0.3 is 0 Å². The Morgan fingerprint density at radius 1 is 0.903 bits per heavy atom. The van der Waals surface area contributed by atoms with Crippen LogP contribution in [0.25, 0.3) is 22.3 Å². The van der Waals surface area contributed by atoms with E-state index in [4.69, 9.17) is 9.97 Å². The van der Waals surface area contributed by atoms with Gasteiger partial charge in [0.2, 0.25) is 5.91 Å². The van der Waals surface area contributed by atoms with Crippen molar-refractivity contribution >= 4 is 22.6 Å². The first kappa shape index (κ1) is 19.9. The Bertz CT molecular complexity index is 1040. The van der Waals surface area contributed by atoms with Crippen molar-refractivity contribution in [1.82, 2.24) is 20.3 Å². The van der Waals surface area contributed by atoms with E-state index in [1.54, 1.807) is 12.4 Å². The zero-order chi connectivity index (χ0) is 21.0. The van der Waals surface area contributed by atoms with Gasteiger partial charge in [0.1, 0.15) is 5.82 Å². The summed E-state index contributed by atoms with van der Waals surface area (Å²) in [7, 11) is 0. The molecule has 1 amide bonds. The molecule has 0 atom stereocenters. The van der Waals surface area contributed by atoms with Crippen LogP contribution in [0.3, 0.4) is 0 Å². The highest BCUT2D eigenvalue weighted by Crippen LogP contribution is 2.30. The summed E-state index contributed by atoms with van der Waals surface area (Å²) >= 11 is 0. The normalized spacial score (nSPS) is 18.3. The van der Waals surface area contributed by atoms with Crippen molar-refractivity contribution in [3.8, 4) is 11.4 Å². The van der Waals surface area contributed by atoms with E-state index in [0.717, 1.165) is 66.9 Å². The molecular weight excluding hydrogens is 386 g/mol. The highest BCUT2D eigenvalue weighted by atomic mass is 16.1. The van der Waals surface area contributed by atoms with E-state index >= 15 is 0 Å². The lowest BCUT2D eigenvalue weighted by Gasteiger charge is -2.34. The summed E-state index contributed by atoms with van der Waals surface area (Å²) in [6.07, 6.45) is 11.2. The molecule has 3 aromatic rings. The lowest BCUT2D eigenvalue weighted by atomic mass is 9.88. The molecule has 1 saturated heterocycles. The number of carbonyl (C=O) groups is 1. The minimum atomic E-state index is 0.223. The van der Waals surface area contributed by atoms with E-state index in [2.05, 4.69) is 21.3 Å². The molecule has 2 aromatic heterocycles. The molecule has 5 rings (SSSR count). The fourth-order valence-corrected chi connectivity index (χ4v) is 4.85. The number of benzene rings is 1. The molecule has 160 valence electrons. The molecule has 31 heavy (non-hydrogen) atoms. The van der Waals surface area contributed by atoms with E-state index in [9.17, 15) is 4.79 Å². The minimum Gasteiger partial charge on any atom is -0.356 e. The summed E-state index contributed by atoms with van der Waals surface area (Å²) in [6, 6.07) is 12.3. The average molecular weight is 416 g/mol. The van der Waals surface area contributed by atoms with Gasteiger partial charge in [0, 0.05) is 48.4 Å². The van der Waals surface area contributed by atoms with Crippen LogP contribution >= 0.6 is 0 Å². The molecule has 0 bridgehead atoms. The Morgan fingerprint density at radius 2 is 1.65 bits per heavy atom. The number of rotatable bonds is 4. The number of nitrogens with zero attached hydrogens (tertiary/aromatic N) is 4. The Kier molecular flexibility index (Phi) is 5.78. The van der Waals surface area contributed by atoms with Gasteiger partial charge in [0.15, 0.2) is 5.82 Å². The number of hydrogen-bond donors (Lipinski definition) is 1. The second-order valence-electron chi connectivity index (χ2n) is 8.73. The Balaban J connectivity index is 1.33. The summed E-state index contributed by atoms with van der Waals surface area (Å²) in [6.45, 7) is 1.76. The highest BCUT2D eigenvalue weighted by molar-refractivity contribution is 5.91. The molecule has 0 radical (unpaired) electrons. The van der Waals surface area contributed by atoms with Crippen LogP contribution in [0.2, 0.25) is 0 Å². The van der Waals surface area contributed by atoms with Gasteiger partial charge in [0.25, 0.3) is 0 Å². The second-order valence-corrected chi connectivity index (χ2v) is 8.73. The number of nitrogens with one attached hydrogen (secondary N) is 1. The molecule has 1 N–H and O–H groups in total. The van der Waals surface area contributed by atoms with E-state index in [1.165, 1.54) is 19.3 Å². The van der Waals surface area contributed by atoms with Crippen LogP contribution in [-0.2, 0) is 4.79 Å². The predicted octanol–water partition coefficient (Wildman–Crippen LogP) is 4.36. The largest absolute Gasteiger partial charge is 0.356 e. The third kappa shape index (κ3) is 4.38. The van der Waals surface area contributed by atoms with Gasteiger partial charge in [-0.05, 0) is 49.9 Å². The molecule has 0 unspecified atom stereocenters. The average Bonchev–Trinajstić information content (AvgIpc) is 2.85. The molecular formula is C25H29N5O. The Labute approximate surface area is 183 Å². The summed E-state index contributed by atoms with van der Waals surface area (Å²) in [4.78, 5) is 28.8. The van der Waals surface area contributed by atoms with E-state index in [1.807, 2.05) is 30.3 Å². The van der Waals surface area contributed by atoms with Crippen molar-refractivity contribution in [2.45, 2.75) is 51.0 Å². The van der Waals surface area contributed by atoms with Crippen LogP contribution in [0.4, 0.5) is 5.82 Å². The van der Waals surface area contributed by atoms with Gasteiger partial charge in [-0.3, -0.25) is 9.78 Å². The lowest BCUT2D eigenvalue weighted by molar-refractivity contribution is -0.126. The van der Waals surface area contributed by atoms with Crippen molar-refractivity contribution in [2.24, 2.45) is 5.92 Å². The number of pyridine rings is 1. The van der Waals surface area contributed by atoms with Crippen LogP contribution < -0.4 is 10.2 Å². The number of amides is 1. The van der Waals surface area contributed by atoms with Gasteiger partial charge in [-0.15, -0.1) is 0 Å². The third-order valence-electron chi connectivity index (χ3n) is 6.64. The second kappa shape index (κ2) is 9.00. The van der Waals surface area contributed by atoms with E-state index in [-0.39, 0.29) is 17.9 Å². The van der Waals surface area contributed by atoms with Crippen LogP contribution in [0, 0.1) is 5.92 Å². The number of para-hydroxylation sites is 1. The first-order valence-electron chi connectivity index (χ1n) is 11.5.